The van der Waals surface area contributed by atoms with Crippen LogP contribution in [0.15, 0.2) is 0 Å². The molecule has 0 amide bonds. The smallest absolute Gasteiger partial charge is 0 e. The van der Waals surface area contributed by atoms with Gasteiger partial charge in [-0.15, -0.1) is 0 Å². The number of rotatable bonds is 2. The minimum absolute atomic E-state index is 0. The van der Waals surface area contributed by atoms with Crippen LogP contribution in [0.3, 0.4) is 0 Å². The van der Waals surface area contributed by atoms with Crippen molar-refractivity contribution in [2.24, 2.45) is 0 Å². The second-order valence-electron chi connectivity index (χ2n) is 1.35. The molecule has 36 valence electrons. The Bertz CT molecular complexity index is 11.4. The van der Waals surface area contributed by atoms with Crippen molar-refractivity contribution in [1.82, 2.24) is 0 Å². The molecule has 0 rings (SSSR count). The first kappa shape index (κ1) is 9.98. The van der Waals surface area contributed by atoms with E-state index in [1.165, 1.54) is 19.3 Å². The van der Waals surface area contributed by atoms with Crippen molar-refractivity contribution in [3.05, 3.63) is 0 Å². The molecule has 0 fully saturated rings. The van der Waals surface area contributed by atoms with E-state index in [0.29, 0.717) is 0 Å². The molecule has 0 atom stereocenters. The predicted octanol–water partition coefficient (Wildman–Crippen LogP) is 2.19. The Morgan fingerprint density at radius 1 is 1.00 bits per heavy atom. The standard InChI is InChI=1S/C5H12.Hf/c1-3-5-4-2;/h3-5H2,1-2H3;. The van der Waals surface area contributed by atoms with Crippen LogP contribution in [0.4, 0.5) is 0 Å². The largest absolute Gasteiger partial charge is 0.0654 e. The normalized spacial score (nSPS) is 7.00. The summed E-state index contributed by atoms with van der Waals surface area (Å²) in [5, 5.41) is 0. The maximum absolute atomic E-state index is 2.21. The fourth-order valence-corrected chi connectivity index (χ4v) is 0.354. The number of unbranched alkanes of at least 4 members (excludes halogenated alkanes) is 2. The summed E-state index contributed by atoms with van der Waals surface area (Å²) in [7, 11) is 0. The molecule has 0 unspecified atom stereocenters. The van der Waals surface area contributed by atoms with Gasteiger partial charge in [0.15, 0.2) is 0 Å². The summed E-state index contributed by atoms with van der Waals surface area (Å²) in [5.74, 6) is 0. The third kappa shape index (κ3) is 8.85. The first-order chi connectivity index (χ1) is 2.41. The number of hydrogen-bond acceptors (Lipinski definition) is 0. The molecule has 0 aromatic heterocycles. The monoisotopic (exact) mass is 252 g/mol. The SMILES string of the molecule is CCCCC.[Hf]. The molecule has 0 aliphatic carbocycles. The maximum atomic E-state index is 2.21. The second kappa shape index (κ2) is 9.30. The van der Waals surface area contributed by atoms with Crippen LogP contribution in [0.1, 0.15) is 33.1 Å². The average Bonchev–Trinajstić information content (AvgIpc) is 1.41. The summed E-state index contributed by atoms with van der Waals surface area (Å²) in [6, 6.07) is 0. The van der Waals surface area contributed by atoms with E-state index in [0.717, 1.165) is 0 Å². The Morgan fingerprint density at radius 3 is 1.33 bits per heavy atom. The fourth-order valence-electron chi connectivity index (χ4n) is 0.354. The molecule has 0 bridgehead atoms. The predicted molar refractivity (Wildman–Crippen MR) is 25.2 cm³/mol. The Balaban J connectivity index is 0. The van der Waals surface area contributed by atoms with E-state index in [2.05, 4.69) is 13.8 Å². The van der Waals surface area contributed by atoms with E-state index in [1.54, 1.807) is 0 Å². The molecular weight excluding hydrogens is 239 g/mol. The zero-order valence-electron chi connectivity index (χ0n) is 4.62. The molecule has 0 nitrogen and oxygen atoms in total. The van der Waals surface area contributed by atoms with Gasteiger partial charge in [0.1, 0.15) is 0 Å². The van der Waals surface area contributed by atoms with Crippen molar-refractivity contribution >= 4 is 0 Å². The molecular formula is C5H12Hf. The molecule has 0 aliphatic rings. The van der Waals surface area contributed by atoms with Gasteiger partial charge in [-0.3, -0.25) is 0 Å². The molecule has 0 aromatic carbocycles. The zero-order chi connectivity index (χ0) is 4.12. The minimum Gasteiger partial charge on any atom is -0.0654 e. The van der Waals surface area contributed by atoms with Crippen molar-refractivity contribution < 1.29 is 25.8 Å². The average molecular weight is 251 g/mol. The quantitative estimate of drug-likeness (QED) is 0.659. The summed E-state index contributed by atoms with van der Waals surface area (Å²) in [6.45, 7) is 4.42. The van der Waals surface area contributed by atoms with Crippen LogP contribution in [0.2, 0.25) is 0 Å². The molecule has 1 heteroatoms. The molecule has 0 saturated heterocycles. The van der Waals surface area contributed by atoms with E-state index in [1.807, 2.05) is 0 Å². The van der Waals surface area contributed by atoms with E-state index in [4.69, 9.17) is 0 Å². The Labute approximate surface area is 59.1 Å². The molecule has 0 spiro atoms. The summed E-state index contributed by atoms with van der Waals surface area (Å²) < 4.78 is 0. The summed E-state index contributed by atoms with van der Waals surface area (Å²) >= 11 is 0. The molecule has 0 aliphatic heterocycles. The molecule has 0 saturated carbocycles. The molecule has 6 heavy (non-hydrogen) atoms. The van der Waals surface area contributed by atoms with Crippen LogP contribution in [0.5, 0.6) is 0 Å². The van der Waals surface area contributed by atoms with Gasteiger partial charge in [-0.2, -0.15) is 0 Å². The van der Waals surface area contributed by atoms with Crippen LogP contribution in [-0.4, -0.2) is 0 Å². The second-order valence-corrected chi connectivity index (χ2v) is 1.35. The topological polar surface area (TPSA) is 0 Å². The van der Waals surface area contributed by atoms with Gasteiger partial charge in [0.2, 0.25) is 0 Å². The summed E-state index contributed by atoms with van der Waals surface area (Å²) in [4.78, 5) is 0. The van der Waals surface area contributed by atoms with E-state index in [-0.39, 0.29) is 25.8 Å². The van der Waals surface area contributed by atoms with Gasteiger partial charge in [-0.25, -0.2) is 0 Å². The number of hydrogen-bond donors (Lipinski definition) is 0. The van der Waals surface area contributed by atoms with Gasteiger partial charge in [0, 0.05) is 25.8 Å². The summed E-state index contributed by atoms with van der Waals surface area (Å²) in [6.07, 6.45) is 4.08. The summed E-state index contributed by atoms with van der Waals surface area (Å²) in [5.41, 5.74) is 0. The van der Waals surface area contributed by atoms with Gasteiger partial charge in [-0.05, 0) is 0 Å². The molecule has 0 radical (unpaired) electrons. The van der Waals surface area contributed by atoms with Crippen LogP contribution in [0.25, 0.3) is 0 Å². The van der Waals surface area contributed by atoms with Crippen molar-refractivity contribution in [3.8, 4) is 0 Å². The fraction of sp³-hybridized carbons (Fsp3) is 1.00. The first-order valence-electron chi connectivity index (χ1n) is 2.41. The van der Waals surface area contributed by atoms with Gasteiger partial charge < -0.3 is 0 Å². The van der Waals surface area contributed by atoms with Crippen molar-refractivity contribution in [2.75, 3.05) is 0 Å². The van der Waals surface area contributed by atoms with E-state index in [9.17, 15) is 0 Å². The van der Waals surface area contributed by atoms with E-state index < -0.39 is 0 Å². The van der Waals surface area contributed by atoms with Gasteiger partial charge in [-0.1, -0.05) is 33.1 Å². The van der Waals surface area contributed by atoms with Gasteiger partial charge in [0.05, 0.1) is 0 Å². The van der Waals surface area contributed by atoms with Gasteiger partial charge in [0.25, 0.3) is 0 Å². The minimum atomic E-state index is 0. The Kier molecular flexibility index (Phi) is 15.5. The van der Waals surface area contributed by atoms with Crippen LogP contribution >= 0.6 is 0 Å². The third-order valence-electron chi connectivity index (χ3n) is 0.707. The third-order valence-corrected chi connectivity index (χ3v) is 0.707. The van der Waals surface area contributed by atoms with Crippen LogP contribution in [-0.2, 0) is 25.8 Å². The van der Waals surface area contributed by atoms with E-state index >= 15 is 0 Å². The Morgan fingerprint density at radius 2 is 1.33 bits per heavy atom. The van der Waals surface area contributed by atoms with Crippen molar-refractivity contribution in [3.63, 3.8) is 0 Å². The maximum Gasteiger partial charge on any atom is 0 e. The Hall–Kier alpha value is 0.870. The first-order valence-corrected chi connectivity index (χ1v) is 2.41. The molecule has 0 N–H and O–H groups in total. The van der Waals surface area contributed by atoms with Crippen LogP contribution < -0.4 is 0 Å². The van der Waals surface area contributed by atoms with Crippen molar-refractivity contribution in [2.45, 2.75) is 33.1 Å². The molecule has 0 heterocycles. The van der Waals surface area contributed by atoms with Gasteiger partial charge >= 0.3 is 0 Å². The van der Waals surface area contributed by atoms with Crippen LogP contribution in [0, 0.1) is 0 Å². The zero-order valence-corrected chi connectivity index (χ0v) is 8.21. The molecule has 0 aromatic rings. The van der Waals surface area contributed by atoms with Crippen molar-refractivity contribution in [1.29, 1.82) is 0 Å².